The molecule has 0 bridgehead atoms. The Morgan fingerprint density at radius 1 is 1.61 bits per heavy atom. The molecule has 9 nitrogen and oxygen atoms in total. The molecule has 1 aromatic heterocycles. The standard InChI is InChI=1S/C8H16N6O3S/c1-3-14(4-2)18(16,17)13-8-6(5-10-11-8)7(9)12-15/h5,15H,3-4H2,1-2H3,(H2,9,12)(H2,10,11,13). The van der Waals surface area contributed by atoms with Crippen molar-refractivity contribution in [2.45, 2.75) is 13.8 Å². The Labute approximate surface area is 105 Å². The van der Waals surface area contributed by atoms with Crippen LogP contribution in [0.5, 0.6) is 0 Å². The van der Waals surface area contributed by atoms with Crippen molar-refractivity contribution in [1.82, 2.24) is 14.5 Å². The number of aromatic amines is 1. The van der Waals surface area contributed by atoms with E-state index in [2.05, 4.69) is 20.1 Å². The molecule has 18 heavy (non-hydrogen) atoms. The molecular formula is C8H16N6O3S. The first-order valence-electron chi connectivity index (χ1n) is 5.25. The Bertz CT molecular complexity index is 519. The highest BCUT2D eigenvalue weighted by atomic mass is 32.2. The molecule has 0 fully saturated rings. The van der Waals surface area contributed by atoms with Crippen LogP contribution < -0.4 is 10.5 Å². The van der Waals surface area contributed by atoms with Gasteiger partial charge in [-0.15, -0.1) is 0 Å². The average molecular weight is 276 g/mol. The lowest BCUT2D eigenvalue weighted by molar-refractivity contribution is 0.318. The number of hydrogen-bond acceptors (Lipinski definition) is 5. The Morgan fingerprint density at radius 2 is 2.22 bits per heavy atom. The maximum absolute atomic E-state index is 11.9. The van der Waals surface area contributed by atoms with Gasteiger partial charge in [-0.05, 0) is 0 Å². The number of rotatable bonds is 6. The summed E-state index contributed by atoms with van der Waals surface area (Å²) >= 11 is 0. The summed E-state index contributed by atoms with van der Waals surface area (Å²) in [5.41, 5.74) is 5.57. The number of hydrogen-bond donors (Lipinski definition) is 4. The first kappa shape index (κ1) is 14.3. The van der Waals surface area contributed by atoms with Crippen LogP contribution in [0.1, 0.15) is 19.4 Å². The fourth-order valence-electron chi connectivity index (χ4n) is 1.37. The minimum absolute atomic E-state index is 0.0530. The van der Waals surface area contributed by atoms with Crippen molar-refractivity contribution < 1.29 is 13.6 Å². The van der Waals surface area contributed by atoms with Crippen LogP contribution in [-0.4, -0.2) is 47.1 Å². The molecule has 102 valence electrons. The van der Waals surface area contributed by atoms with Crippen LogP contribution in [0.2, 0.25) is 0 Å². The number of nitrogens with one attached hydrogen (secondary N) is 2. The Hall–Kier alpha value is -1.81. The van der Waals surface area contributed by atoms with Gasteiger partial charge in [0.2, 0.25) is 0 Å². The van der Waals surface area contributed by atoms with Gasteiger partial charge in [-0.25, -0.2) is 0 Å². The van der Waals surface area contributed by atoms with Crippen molar-refractivity contribution in [3.63, 3.8) is 0 Å². The molecule has 0 amide bonds. The normalized spacial score (nSPS) is 12.9. The van der Waals surface area contributed by atoms with Gasteiger partial charge >= 0.3 is 10.2 Å². The van der Waals surface area contributed by atoms with Crippen LogP contribution >= 0.6 is 0 Å². The number of amidine groups is 1. The zero-order chi connectivity index (χ0) is 13.8. The SMILES string of the molecule is CCN(CC)S(=O)(=O)Nc1[nH]ncc1C(N)=NO. The van der Waals surface area contributed by atoms with Crippen molar-refractivity contribution in [2.24, 2.45) is 10.9 Å². The molecule has 0 aliphatic rings. The largest absolute Gasteiger partial charge is 0.409 e. The number of nitrogens with two attached hydrogens (primary N) is 1. The third kappa shape index (κ3) is 2.90. The van der Waals surface area contributed by atoms with Crippen molar-refractivity contribution >= 4 is 21.9 Å². The first-order valence-corrected chi connectivity index (χ1v) is 6.69. The van der Waals surface area contributed by atoms with Gasteiger partial charge in [0, 0.05) is 13.1 Å². The van der Waals surface area contributed by atoms with Gasteiger partial charge in [-0.1, -0.05) is 19.0 Å². The highest BCUT2D eigenvalue weighted by molar-refractivity contribution is 7.90. The summed E-state index contributed by atoms with van der Waals surface area (Å²) in [6.07, 6.45) is 1.26. The minimum Gasteiger partial charge on any atom is -0.409 e. The molecule has 0 atom stereocenters. The second kappa shape index (κ2) is 5.69. The van der Waals surface area contributed by atoms with Gasteiger partial charge in [0.1, 0.15) is 5.82 Å². The lowest BCUT2D eigenvalue weighted by Crippen LogP contribution is -2.36. The zero-order valence-corrected chi connectivity index (χ0v) is 10.9. The molecule has 10 heteroatoms. The summed E-state index contributed by atoms with van der Waals surface area (Å²) < 4.78 is 27.4. The van der Waals surface area contributed by atoms with Gasteiger partial charge in [0.25, 0.3) is 0 Å². The summed E-state index contributed by atoms with van der Waals surface area (Å²) in [7, 11) is -3.69. The Balaban J connectivity index is 3.02. The van der Waals surface area contributed by atoms with Gasteiger partial charge in [0.15, 0.2) is 5.84 Å². The summed E-state index contributed by atoms with van der Waals surface area (Å²) in [6.45, 7) is 4.11. The van der Waals surface area contributed by atoms with Crippen molar-refractivity contribution in [2.75, 3.05) is 17.8 Å². The lowest BCUT2D eigenvalue weighted by Gasteiger charge is -2.18. The molecule has 0 radical (unpaired) electrons. The fourth-order valence-corrected chi connectivity index (χ4v) is 2.59. The molecule has 5 N–H and O–H groups in total. The monoisotopic (exact) mass is 276 g/mol. The number of H-pyrrole nitrogens is 1. The molecular weight excluding hydrogens is 260 g/mol. The molecule has 1 rings (SSSR count). The molecule has 0 saturated carbocycles. The van der Waals surface area contributed by atoms with Crippen LogP contribution in [-0.2, 0) is 10.2 Å². The average Bonchev–Trinajstić information content (AvgIpc) is 2.76. The van der Waals surface area contributed by atoms with Crippen LogP contribution in [0, 0.1) is 0 Å². The molecule has 0 spiro atoms. The first-order chi connectivity index (χ1) is 8.46. The molecule has 1 aromatic rings. The van der Waals surface area contributed by atoms with Crippen LogP contribution in [0.4, 0.5) is 5.82 Å². The second-order valence-corrected chi connectivity index (χ2v) is 5.01. The predicted molar refractivity (Wildman–Crippen MR) is 66.6 cm³/mol. The Kier molecular flexibility index (Phi) is 4.50. The van der Waals surface area contributed by atoms with E-state index in [0.717, 1.165) is 0 Å². The van der Waals surface area contributed by atoms with E-state index < -0.39 is 10.2 Å². The number of nitrogens with zero attached hydrogens (tertiary/aromatic N) is 3. The number of aromatic nitrogens is 2. The quantitative estimate of drug-likeness (QED) is 0.240. The molecule has 0 aromatic carbocycles. The van der Waals surface area contributed by atoms with E-state index in [9.17, 15) is 8.42 Å². The molecule has 1 heterocycles. The number of oxime groups is 1. The topological polar surface area (TPSA) is 137 Å². The van der Waals surface area contributed by atoms with E-state index in [1.807, 2.05) is 0 Å². The van der Waals surface area contributed by atoms with E-state index in [4.69, 9.17) is 10.9 Å². The maximum Gasteiger partial charge on any atom is 0.302 e. The van der Waals surface area contributed by atoms with E-state index in [1.54, 1.807) is 13.8 Å². The van der Waals surface area contributed by atoms with Gasteiger partial charge < -0.3 is 10.9 Å². The third-order valence-corrected chi connectivity index (χ3v) is 3.96. The Morgan fingerprint density at radius 3 is 2.72 bits per heavy atom. The zero-order valence-electron chi connectivity index (χ0n) is 10.1. The van der Waals surface area contributed by atoms with Crippen LogP contribution in [0.3, 0.4) is 0 Å². The fraction of sp³-hybridized carbons (Fsp3) is 0.500. The van der Waals surface area contributed by atoms with Crippen molar-refractivity contribution in [3.05, 3.63) is 11.8 Å². The summed E-state index contributed by atoms with van der Waals surface area (Å²) in [4.78, 5) is 0. The molecule has 0 saturated heterocycles. The second-order valence-electron chi connectivity index (χ2n) is 3.34. The number of anilines is 1. The van der Waals surface area contributed by atoms with Gasteiger partial charge in [0.05, 0.1) is 11.8 Å². The molecule has 0 unspecified atom stereocenters. The lowest BCUT2D eigenvalue weighted by atomic mass is 10.3. The van der Waals surface area contributed by atoms with Crippen LogP contribution in [0.15, 0.2) is 11.4 Å². The maximum atomic E-state index is 11.9. The summed E-state index contributed by atoms with van der Waals surface area (Å²) in [5, 5.41) is 17.4. The highest BCUT2D eigenvalue weighted by Gasteiger charge is 2.21. The summed E-state index contributed by atoms with van der Waals surface area (Å²) in [6, 6.07) is 0. The molecule has 0 aliphatic carbocycles. The third-order valence-electron chi connectivity index (χ3n) is 2.30. The summed E-state index contributed by atoms with van der Waals surface area (Å²) in [5.74, 6) is -0.182. The minimum atomic E-state index is -3.69. The van der Waals surface area contributed by atoms with Crippen molar-refractivity contribution in [1.29, 1.82) is 0 Å². The van der Waals surface area contributed by atoms with E-state index in [1.165, 1.54) is 10.5 Å². The molecule has 0 aliphatic heterocycles. The van der Waals surface area contributed by atoms with Crippen molar-refractivity contribution in [3.8, 4) is 0 Å². The van der Waals surface area contributed by atoms with E-state index in [0.29, 0.717) is 13.1 Å². The van der Waals surface area contributed by atoms with E-state index in [-0.39, 0.29) is 17.2 Å². The highest BCUT2D eigenvalue weighted by Crippen LogP contribution is 2.14. The van der Waals surface area contributed by atoms with Gasteiger partial charge in [-0.3, -0.25) is 9.82 Å². The van der Waals surface area contributed by atoms with E-state index >= 15 is 0 Å². The smallest absolute Gasteiger partial charge is 0.302 e. The predicted octanol–water partition coefficient (Wildman–Crippen LogP) is -0.497. The van der Waals surface area contributed by atoms with Gasteiger partial charge in [-0.2, -0.15) is 17.8 Å². The van der Waals surface area contributed by atoms with Crippen LogP contribution in [0.25, 0.3) is 0 Å².